The highest BCUT2D eigenvalue weighted by Gasteiger charge is 2.36. The number of amides is 1. The Morgan fingerprint density at radius 3 is 2.94 bits per heavy atom. The van der Waals surface area contributed by atoms with Crippen LogP contribution in [0.2, 0.25) is 0 Å². The molecular formula is C26H28N6O2. The predicted molar refractivity (Wildman–Crippen MR) is 131 cm³/mol. The Hall–Kier alpha value is -3.78. The van der Waals surface area contributed by atoms with Crippen molar-refractivity contribution in [2.45, 2.75) is 25.0 Å². The van der Waals surface area contributed by atoms with Gasteiger partial charge in [-0.2, -0.15) is 5.10 Å². The molecule has 174 valence electrons. The summed E-state index contributed by atoms with van der Waals surface area (Å²) in [5.41, 5.74) is 2.49. The van der Waals surface area contributed by atoms with Crippen LogP contribution in [0.25, 0.3) is 10.9 Å². The van der Waals surface area contributed by atoms with Crippen LogP contribution in [0.5, 0.6) is 0 Å². The van der Waals surface area contributed by atoms with E-state index in [1.165, 1.54) is 0 Å². The van der Waals surface area contributed by atoms with Crippen LogP contribution in [0.4, 0.5) is 5.69 Å². The van der Waals surface area contributed by atoms with Crippen LogP contribution in [0, 0.1) is 0 Å². The van der Waals surface area contributed by atoms with E-state index in [4.69, 9.17) is 0 Å². The van der Waals surface area contributed by atoms with Gasteiger partial charge in [0.1, 0.15) is 0 Å². The molecule has 0 spiro atoms. The number of hydrogen-bond donors (Lipinski definition) is 1. The topological polar surface area (TPSA) is 87.4 Å². The lowest BCUT2D eigenvalue weighted by atomic mass is 9.91. The second kappa shape index (κ2) is 9.23. The number of rotatable bonds is 6. The number of hydrogen-bond acceptors (Lipinski definition) is 6. The molecule has 1 aliphatic rings. The van der Waals surface area contributed by atoms with Crippen molar-refractivity contribution in [2.75, 3.05) is 31.6 Å². The minimum atomic E-state index is -1.01. The number of aromatic nitrogens is 4. The molecule has 1 atom stereocenters. The maximum Gasteiger partial charge on any atom is 0.253 e. The standard InChI is InChI=1S/C26H28N6O2/c1-30(25(33)21-6-2-5-20(15-21)17-32-14-4-10-29-32)18-26(34)9-3-13-31(19-26)24-8-12-28-23-7-11-27-16-22(23)24/h2,4-8,10-12,14-16,34H,3,9,13,17-19H2,1H3/t26-/m1/s1. The van der Waals surface area contributed by atoms with Crippen LogP contribution in [-0.2, 0) is 6.54 Å². The van der Waals surface area contributed by atoms with E-state index < -0.39 is 5.60 Å². The Labute approximate surface area is 198 Å². The Balaban J connectivity index is 1.30. The zero-order valence-corrected chi connectivity index (χ0v) is 19.2. The summed E-state index contributed by atoms with van der Waals surface area (Å²) in [5.74, 6) is -0.105. The number of likely N-dealkylation sites (N-methyl/N-ethyl adjacent to an activating group) is 1. The van der Waals surface area contributed by atoms with E-state index in [0.717, 1.165) is 35.1 Å². The highest BCUT2D eigenvalue weighted by atomic mass is 16.3. The molecule has 1 fully saturated rings. The fraction of sp³-hybridized carbons (Fsp3) is 0.308. The average Bonchev–Trinajstić information content (AvgIpc) is 3.36. The third-order valence-electron chi connectivity index (χ3n) is 6.37. The molecule has 1 amide bonds. The van der Waals surface area contributed by atoms with Gasteiger partial charge in [0.25, 0.3) is 5.91 Å². The number of fused-ring (bicyclic) bond motifs is 1. The van der Waals surface area contributed by atoms with E-state index in [1.807, 2.05) is 59.5 Å². The minimum absolute atomic E-state index is 0.105. The summed E-state index contributed by atoms with van der Waals surface area (Å²) in [6, 6.07) is 13.3. The normalized spacial score (nSPS) is 18.2. The number of β-amino-alcohol motifs (C(OH)–C–C–N with tert-alkyl or cyclic N) is 1. The van der Waals surface area contributed by atoms with E-state index in [-0.39, 0.29) is 12.5 Å². The molecule has 4 heterocycles. The van der Waals surface area contributed by atoms with Crippen LogP contribution < -0.4 is 4.90 Å². The van der Waals surface area contributed by atoms with Crippen molar-refractivity contribution in [3.05, 3.63) is 84.6 Å². The van der Waals surface area contributed by atoms with Crippen LogP contribution in [0.15, 0.2) is 73.4 Å². The molecule has 3 aromatic heterocycles. The van der Waals surface area contributed by atoms with Crippen molar-refractivity contribution in [1.82, 2.24) is 24.6 Å². The van der Waals surface area contributed by atoms with Gasteiger partial charge in [-0.15, -0.1) is 0 Å². The van der Waals surface area contributed by atoms with Gasteiger partial charge in [-0.1, -0.05) is 12.1 Å². The second-order valence-electron chi connectivity index (χ2n) is 9.04. The first-order valence-corrected chi connectivity index (χ1v) is 11.5. The maximum absolute atomic E-state index is 13.2. The lowest BCUT2D eigenvalue weighted by molar-refractivity contribution is 0.0000663. The molecule has 0 aliphatic carbocycles. The van der Waals surface area contributed by atoms with Gasteiger partial charge < -0.3 is 14.9 Å². The largest absolute Gasteiger partial charge is 0.386 e. The molecule has 0 saturated carbocycles. The Bertz CT molecular complexity index is 1290. The van der Waals surface area contributed by atoms with E-state index in [0.29, 0.717) is 25.1 Å². The summed E-state index contributed by atoms with van der Waals surface area (Å²) in [4.78, 5) is 25.7. The van der Waals surface area contributed by atoms with Crippen LogP contribution >= 0.6 is 0 Å². The minimum Gasteiger partial charge on any atom is -0.386 e. The van der Waals surface area contributed by atoms with E-state index in [9.17, 15) is 9.90 Å². The number of carbonyl (C=O) groups excluding carboxylic acids is 1. The quantitative estimate of drug-likeness (QED) is 0.480. The van der Waals surface area contributed by atoms with Crippen LogP contribution in [-0.4, -0.2) is 67.9 Å². The Kier molecular flexibility index (Phi) is 5.98. The molecule has 0 unspecified atom stereocenters. The molecule has 1 aliphatic heterocycles. The van der Waals surface area contributed by atoms with E-state index in [2.05, 4.69) is 20.0 Å². The third-order valence-corrected chi connectivity index (χ3v) is 6.37. The number of piperidine rings is 1. The number of benzene rings is 1. The first-order valence-electron chi connectivity index (χ1n) is 11.5. The van der Waals surface area contributed by atoms with Crippen LogP contribution in [0.1, 0.15) is 28.8 Å². The van der Waals surface area contributed by atoms with Crippen molar-refractivity contribution >= 4 is 22.5 Å². The van der Waals surface area contributed by atoms with Gasteiger partial charge in [-0.05, 0) is 48.7 Å². The number of anilines is 1. The van der Waals surface area contributed by atoms with Crippen molar-refractivity contribution in [1.29, 1.82) is 0 Å². The van der Waals surface area contributed by atoms with Gasteiger partial charge in [0.2, 0.25) is 0 Å². The highest BCUT2D eigenvalue weighted by Crippen LogP contribution is 2.31. The van der Waals surface area contributed by atoms with Gasteiger partial charge in [-0.3, -0.25) is 19.4 Å². The molecule has 4 aromatic rings. The lowest BCUT2D eigenvalue weighted by Crippen LogP contribution is -2.54. The monoisotopic (exact) mass is 456 g/mol. The molecule has 34 heavy (non-hydrogen) atoms. The summed E-state index contributed by atoms with van der Waals surface area (Å²) >= 11 is 0. The number of nitrogens with zero attached hydrogens (tertiary/aromatic N) is 6. The summed E-state index contributed by atoms with van der Waals surface area (Å²) in [6.07, 6.45) is 10.4. The fourth-order valence-electron chi connectivity index (χ4n) is 4.82. The molecule has 5 rings (SSSR count). The molecule has 0 bridgehead atoms. The smallest absolute Gasteiger partial charge is 0.253 e. The SMILES string of the molecule is CN(C[C@]1(O)CCCN(c2ccnc3ccncc23)C1)C(=O)c1cccc(Cn2cccn2)c1. The maximum atomic E-state index is 13.2. The van der Waals surface area contributed by atoms with Crippen molar-refractivity contribution in [3.8, 4) is 0 Å². The summed E-state index contributed by atoms with van der Waals surface area (Å²) in [7, 11) is 1.76. The summed E-state index contributed by atoms with van der Waals surface area (Å²) < 4.78 is 1.82. The second-order valence-corrected chi connectivity index (χ2v) is 9.04. The molecule has 1 aromatic carbocycles. The molecule has 8 nitrogen and oxygen atoms in total. The van der Waals surface area contributed by atoms with Crippen molar-refractivity contribution < 1.29 is 9.90 Å². The Morgan fingerprint density at radius 1 is 1.18 bits per heavy atom. The predicted octanol–water partition coefficient (Wildman–Crippen LogP) is 2.98. The van der Waals surface area contributed by atoms with Crippen LogP contribution in [0.3, 0.4) is 0 Å². The number of pyridine rings is 2. The van der Waals surface area contributed by atoms with Gasteiger partial charge >= 0.3 is 0 Å². The molecular weight excluding hydrogens is 428 g/mol. The van der Waals surface area contributed by atoms with E-state index >= 15 is 0 Å². The van der Waals surface area contributed by atoms with Crippen molar-refractivity contribution in [2.24, 2.45) is 0 Å². The van der Waals surface area contributed by atoms with Gasteiger partial charge in [-0.25, -0.2) is 0 Å². The molecule has 0 radical (unpaired) electrons. The zero-order valence-electron chi connectivity index (χ0n) is 19.2. The van der Waals surface area contributed by atoms with Gasteiger partial charge in [0, 0.05) is 67.8 Å². The first-order chi connectivity index (χ1) is 16.5. The summed E-state index contributed by atoms with van der Waals surface area (Å²) in [5, 5.41) is 16.7. The number of carbonyl (C=O) groups is 1. The third kappa shape index (κ3) is 4.63. The zero-order chi connectivity index (χ0) is 23.5. The molecule has 1 saturated heterocycles. The molecule has 8 heteroatoms. The van der Waals surface area contributed by atoms with Gasteiger partial charge in [0.15, 0.2) is 0 Å². The number of aliphatic hydroxyl groups is 1. The average molecular weight is 457 g/mol. The van der Waals surface area contributed by atoms with Crippen molar-refractivity contribution in [3.63, 3.8) is 0 Å². The highest BCUT2D eigenvalue weighted by molar-refractivity contribution is 5.94. The Morgan fingerprint density at radius 2 is 2.09 bits per heavy atom. The first kappa shape index (κ1) is 22.0. The lowest BCUT2D eigenvalue weighted by Gasteiger charge is -2.42. The van der Waals surface area contributed by atoms with E-state index in [1.54, 1.807) is 30.5 Å². The molecule has 1 N–H and O–H groups in total. The fourth-order valence-corrected chi connectivity index (χ4v) is 4.82. The summed E-state index contributed by atoms with van der Waals surface area (Å²) in [6.45, 7) is 2.14. The van der Waals surface area contributed by atoms with Gasteiger partial charge in [0.05, 0.1) is 24.2 Å².